The maximum absolute atomic E-state index is 13.5. The minimum atomic E-state index is -0.861. The first kappa shape index (κ1) is 15.4. The Balaban J connectivity index is 2.64. The molecule has 0 aromatic heterocycles. The van der Waals surface area contributed by atoms with Crippen LogP contribution in [0.4, 0.5) is 9.18 Å². The van der Waals surface area contributed by atoms with Gasteiger partial charge in [0.1, 0.15) is 11.4 Å². The minimum Gasteiger partial charge on any atom is -0.443 e. The lowest BCUT2D eigenvalue weighted by molar-refractivity contribution is 0.0483. The summed E-state index contributed by atoms with van der Waals surface area (Å²) < 4.78 is 18.4. The van der Waals surface area contributed by atoms with E-state index in [9.17, 15) is 14.0 Å². The average molecular weight is 279 g/mol. The molecule has 0 unspecified atom stereocenters. The Hall–Kier alpha value is -2.62. The SMILES string of the molecule is CC(C)(C)OC(=O)NNC(=O)c1ccc(C#N)cc1F. The van der Waals surface area contributed by atoms with Crippen LogP contribution in [0.2, 0.25) is 0 Å². The Bertz CT molecular complexity index is 573. The number of rotatable bonds is 1. The number of nitrogens with one attached hydrogen (secondary N) is 2. The van der Waals surface area contributed by atoms with E-state index in [1.165, 1.54) is 6.07 Å². The topological polar surface area (TPSA) is 91.2 Å². The van der Waals surface area contributed by atoms with Crippen LogP contribution in [0, 0.1) is 17.1 Å². The van der Waals surface area contributed by atoms with Crippen LogP contribution < -0.4 is 10.9 Å². The fourth-order valence-corrected chi connectivity index (χ4v) is 1.25. The number of nitriles is 1. The molecule has 1 aromatic carbocycles. The Labute approximate surface area is 115 Å². The normalized spacial score (nSPS) is 10.3. The number of amides is 2. The van der Waals surface area contributed by atoms with Gasteiger partial charge in [-0.3, -0.25) is 10.2 Å². The highest BCUT2D eigenvalue weighted by Gasteiger charge is 2.18. The monoisotopic (exact) mass is 279 g/mol. The lowest BCUT2D eigenvalue weighted by Gasteiger charge is -2.19. The summed E-state index contributed by atoms with van der Waals surface area (Å²) in [6, 6.07) is 5.13. The number of hydrogen-bond acceptors (Lipinski definition) is 4. The Morgan fingerprint density at radius 1 is 1.30 bits per heavy atom. The van der Waals surface area contributed by atoms with E-state index in [2.05, 4.69) is 0 Å². The van der Waals surface area contributed by atoms with Gasteiger partial charge in [-0.05, 0) is 39.0 Å². The smallest absolute Gasteiger partial charge is 0.426 e. The Morgan fingerprint density at radius 3 is 2.45 bits per heavy atom. The van der Waals surface area contributed by atoms with Crippen LogP contribution in [0.3, 0.4) is 0 Å². The van der Waals surface area contributed by atoms with Crippen molar-refractivity contribution in [3.8, 4) is 6.07 Å². The first-order chi connectivity index (χ1) is 9.23. The molecular formula is C13H14FN3O3. The molecule has 1 rings (SSSR count). The van der Waals surface area contributed by atoms with Crippen LogP contribution in [0.5, 0.6) is 0 Å². The molecule has 0 aliphatic carbocycles. The van der Waals surface area contributed by atoms with Crippen molar-refractivity contribution in [1.82, 2.24) is 10.9 Å². The molecule has 0 heterocycles. The van der Waals surface area contributed by atoms with E-state index in [1.54, 1.807) is 26.8 Å². The molecule has 6 nitrogen and oxygen atoms in total. The molecule has 0 atom stereocenters. The van der Waals surface area contributed by atoms with Gasteiger partial charge in [-0.2, -0.15) is 5.26 Å². The van der Waals surface area contributed by atoms with Gasteiger partial charge in [0.25, 0.3) is 5.91 Å². The molecule has 0 bridgehead atoms. The lowest BCUT2D eigenvalue weighted by atomic mass is 10.1. The van der Waals surface area contributed by atoms with Crippen molar-refractivity contribution in [1.29, 1.82) is 5.26 Å². The highest BCUT2D eigenvalue weighted by molar-refractivity contribution is 5.95. The Morgan fingerprint density at radius 2 is 1.95 bits per heavy atom. The van der Waals surface area contributed by atoms with E-state index in [4.69, 9.17) is 10.00 Å². The van der Waals surface area contributed by atoms with Crippen molar-refractivity contribution in [3.63, 3.8) is 0 Å². The molecule has 106 valence electrons. The molecule has 2 N–H and O–H groups in total. The number of benzene rings is 1. The summed E-state index contributed by atoms with van der Waals surface area (Å²) in [6.45, 7) is 4.98. The highest BCUT2D eigenvalue weighted by atomic mass is 19.1. The first-order valence-corrected chi connectivity index (χ1v) is 5.72. The fraction of sp³-hybridized carbons (Fsp3) is 0.308. The molecule has 0 spiro atoms. The number of hydrazine groups is 1. The summed E-state index contributed by atoms with van der Waals surface area (Å²) in [5.41, 5.74) is 3.11. The van der Waals surface area contributed by atoms with E-state index in [1.807, 2.05) is 10.9 Å². The molecular weight excluding hydrogens is 265 g/mol. The molecule has 2 amide bonds. The number of carbonyl (C=O) groups is 2. The van der Waals surface area contributed by atoms with Gasteiger partial charge in [0.2, 0.25) is 0 Å². The van der Waals surface area contributed by atoms with Gasteiger partial charge in [-0.1, -0.05) is 0 Å². The summed E-state index contributed by atoms with van der Waals surface area (Å²) >= 11 is 0. The second kappa shape index (κ2) is 6.02. The quantitative estimate of drug-likeness (QED) is 0.768. The minimum absolute atomic E-state index is 0.0964. The molecule has 0 saturated heterocycles. The summed E-state index contributed by atoms with van der Waals surface area (Å²) in [4.78, 5) is 22.9. The predicted octanol–water partition coefficient (Wildman–Crippen LogP) is 1.87. The van der Waals surface area contributed by atoms with Crippen molar-refractivity contribution in [3.05, 3.63) is 35.1 Å². The predicted molar refractivity (Wildman–Crippen MR) is 68.0 cm³/mol. The second-order valence-electron chi connectivity index (χ2n) is 4.89. The summed E-state index contributed by atoms with van der Waals surface area (Å²) in [6.07, 6.45) is -0.861. The van der Waals surface area contributed by atoms with Crippen molar-refractivity contribution in [2.75, 3.05) is 0 Å². The van der Waals surface area contributed by atoms with E-state index in [-0.39, 0.29) is 11.1 Å². The molecule has 0 aliphatic heterocycles. The van der Waals surface area contributed by atoms with E-state index >= 15 is 0 Å². The van der Waals surface area contributed by atoms with Crippen molar-refractivity contribution in [2.24, 2.45) is 0 Å². The molecule has 0 saturated carbocycles. The van der Waals surface area contributed by atoms with Crippen LogP contribution in [0.15, 0.2) is 18.2 Å². The zero-order chi connectivity index (χ0) is 15.3. The summed E-state index contributed by atoms with van der Waals surface area (Å²) in [7, 11) is 0. The standard InChI is InChI=1S/C13H14FN3O3/c1-13(2,3)20-12(19)17-16-11(18)9-5-4-8(7-15)6-10(9)14/h4-6H,1-3H3,(H,16,18)(H,17,19). The Kier molecular flexibility index (Phi) is 4.64. The number of hydrogen-bond donors (Lipinski definition) is 2. The molecule has 0 aliphatic rings. The molecule has 0 radical (unpaired) electrons. The van der Waals surface area contributed by atoms with E-state index in [0.29, 0.717) is 0 Å². The van der Waals surface area contributed by atoms with E-state index in [0.717, 1.165) is 12.1 Å². The lowest BCUT2D eigenvalue weighted by Crippen LogP contribution is -2.44. The van der Waals surface area contributed by atoms with Gasteiger partial charge < -0.3 is 4.74 Å². The van der Waals surface area contributed by atoms with E-state index < -0.39 is 23.4 Å². The largest absolute Gasteiger partial charge is 0.443 e. The van der Waals surface area contributed by atoms with Gasteiger partial charge in [0, 0.05) is 0 Å². The van der Waals surface area contributed by atoms with Gasteiger partial charge in [-0.15, -0.1) is 0 Å². The second-order valence-corrected chi connectivity index (χ2v) is 4.89. The number of nitrogens with zero attached hydrogens (tertiary/aromatic N) is 1. The van der Waals surface area contributed by atoms with Crippen molar-refractivity contribution in [2.45, 2.75) is 26.4 Å². The zero-order valence-electron chi connectivity index (χ0n) is 11.3. The molecule has 0 fully saturated rings. The van der Waals surface area contributed by atoms with Crippen LogP contribution in [-0.4, -0.2) is 17.6 Å². The maximum Gasteiger partial charge on any atom is 0.426 e. The average Bonchev–Trinajstić information content (AvgIpc) is 2.33. The molecule has 20 heavy (non-hydrogen) atoms. The number of ether oxygens (including phenoxy) is 1. The van der Waals surface area contributed by atoms with Crippen molar-refractivity contribution < 1.29 is 18.7 Å². The van der Waals surface area contributed by atoms with Crippen molar-refractivity contribution >= 4 is 12.0 Å². The highest BCUT2D eigenvalue weighted by Crippen LogP contribution is 2.10. The first-order valence-electron chi connectivity index (χ1n) is 5.72. The van der Waals surface area contributed by atoms with Gasteiger partial charge in [0.15, 0.2) is 0 Å². The van der Waals surface area contributed by atoms with Crippen LogP contribution >= 0.6 is 0 Å². The number of carbonyl (C=O) groups excluding carboxylic acids is 2. The summed E-state index contributed by atoms with van der Waals surface area (Å²) in [5, 5.41) is 8.59. The number of halogens is 1. The third-order valence-electron chi connectivity index (χ3n) is 2.02. The fourth-order valence-electron chi connectivity index (χ4n) is 1.25. The molecule has 7 heteroatoms. The molecule has 1 aromatic rings. The van der Waals surface area contributed by atoms with Gasteiger partial charge >= 0.3 is 6.09 Å². The maximum atomic E-state index is 13.5. The van der Waals surface area contributed by atoms with Crippen LogP contribution in [0.25, 0.3) is 0 Å². The zero-order valence-corrected chi connectivity index (χ0v) is 11.3. The van der Waals surface area contributed by atoms with Crippen LogP contribution in [0.1, 0.15) is 36.7 Å². The third-order valence-corrected chi connectivity index (χ3v) is 2.02. The van der Waals surface area contributed by atoms with Crippen LogP contribution in [-0.2, 0) is 4.74 Å². The van der Waals surface area contributed by atoms with Gasteiger partial charge in [-0.25, -0.2) is 14.6 Å². The summed E-state index contributed by atoms with van der Waals surface area (Å²) in [5.74, 6) is -1.70. The van der Waals surface area contributed by atoms with Gasteiger partial charge in [0.05, 0.1) is 17.2 Å². The third kappa shape index (κ3) is 4.57.